The number of benzene rings is 1. The van der Waals surface area contributed by atoms with Gasteiger partial charge in [-0.2, -0.15) is 4.98 Å². The Morgan fingerprint density at radius 3 is 2.67 bits per heavy atom. The molecule has 0 amide bonds. The summed E-state index contributed by atoms with van der Waals surface area (Å²) >= 11 is 0. The van der Waals surface area contributed by atoms with E-state index in [1.807, 2.05) is 12.1 Å². The molecule has 5 heteroatoms. The Morgan fingerprint density at radius 2 is 1.88 bits per heavy atom. The van der Waals surface area contributed by atoms with Gasteiger partial charge in [-0.15, -0.1) is 0 Å². The van der Waals surface area contributed by atoms with Crippen molar-refractivity contribution in [2.24, 2.45) is 0 Å². The quantitative estimate of drug-likeness (QED) is 0.723. The predicted octanol–water partition coefficient (Wildman–Crippen LogP) is 4.27. The fourth-order valence-corrected chi connectivity index (χ4v) is 2.90. The normalized spacial score (nSPS) is 12.9. The zero-order chi connectivity index (χ0) is 16.5. The minimum atomic E-state index is -0.243. The highest BCUT2D eigenvalue weighted by molar-refractivity contribution is 5.56. The van der Waals surface area contributed by atoms with Crippen LogP contribution >= 0.6 is 0 Å². The first-order chi connectivity index (χ1) is 11.7. The SMILES string of the molecule is Cc1cc(Oc2nc(-c3ccncc3)nc3c2CCC3)ccc1F. The average Bonchev–Trinajstić information content (AvgIpc) is 3.08. The maximum Gasteiger partial charge on any atom is 0.226 e. The van der Waals surface area contributed by atoms with Crippen LogP contribution in [0.15, 0.2) is 42.7 Å². The monoisotopic (exact) mass is 321 g/mol. The summed E-state index contributed by atoms with van der Waals surface area (Å²) in [6.07, 6.45) is 6.31. The molecule has 0 spiro atoms. The van der Waals surface area contributed by atoms with Gasteiger partial charge < -0.3 is 4.74 Å². The Bertz CT molecular complexity index is 897. The van der Waals surface area contributed by atoms with Crippen molar-refractivity contribution in [1.82, 2.24) is 15.0 Å². The zero-order valence-corrected chi connectivity index (χ0v) is 13.3. The van der Waals surface area contributed by atoms with Crippen molar-refractivity contribution in [3.8, 4) is 23.0 Å². The molecule has 1 aromatic carbocycles. The third-order valence-electron chi connectivity index (χ3n) is 4.18. The highest BCUT2D eigenvalue weighted by Gasteiger charge is 2.21. The van der Waals surface area contributed by atoms with Crippen molar-refractivity contribution < 1.29 is 9.13 Å². The number of aromatic nitrogens is 3. The number of fused-ring (bicyclic) bond motifs is 1. The van der Waals surface area contributed by atoms with E-state index >= 15 is 0 Å². The fourth-order valence-electron chi connectivity index (χ4n) is 2.90. The van der Waals surface area contributed by atoms with Crippen molar-refractivity contribution in [3.05, 3.63) is 65.4 Å². The molecular formula is C19H16FN3O. The third kappa shape index (κ3) is 2.73. The lowest BCUT2D eigenvalue weighted by Gasteiger charge is -2.12. The van der Waals surface area contributed by atoms with E-state index in [4.69, 9.17) is 4.74 Å². The van der Waals surface area contributed by atoms with Crippen LogP contribution in [0, 0.1) is 12.7 Å². The van der Waals surface area contributed by atoms with Gasteiger partial charge in [0.15, 0.2) is 5.82 Å². The van der Waals surface area contributed by atoms with Gasteiger partial charge >= 0.3 is 0 Å². The van der Waals surface area contributed by atoms with E-state index in [0.717, 1.165) is 36.1 Å². The molecule has 24 heavy (non-hydrogen) atoms. The Hall–Kier alpha value is -2.82. The molecule has 2 aromatic heterocycles. The second-order valence-electron chi connectivity index (χ2n) is 5.88. The number of pyridine rings is 1. The topological polar surface area (TPSA) is 47.9 Å². The van der Waals surface area contributed by atoms with Gasteiger partial charge in [-0.05, 0) is 62.1 Å². The van der Waals surface area contributed by atoms with Crippen LogP contribution < -0.4 is 4.74 Å². The van der Waals surface area contributed by atoms with Gasteiger partial charge in [0.1, 0.15) is 11.6 Å². The van der Waals surface area contributed by atoms with Gasteiger partial charge in [0.25, 0.3) is 0 Å². The standard InChI is InChI=1S/C19H16FN3O/c1-12-11-14(5-6-16(12)20)24-19-15-3-2-4-17(15)22-18(23-19)13-7-9-21-10-8-13/h5-11H,2-4H2,1H3. The lowest BCUT2D eigenvalue weighted by atomic mass is 10.2. The number of hydrogen-bond acceptors (Lipinski definition) is 4. The molecule has 4 nitrogen and oxygen atoms in total. The van der Waals surface area contributed by atoms with Gasteiger partial charge in [-0.3, -0.25) is 4.98 Å². The number of halogens is 1. The van der Waals surface area contributed by atoms with Gasteiger partial charge in [-0.25, -0.2) is 9.37 Å². The second kappa shape index (κ2) is 6.00. The van der Waals surface area contributed by atoms with Crippen LogP contribution in [0.5, 0.6) is 11.6 Å². The fraction of sp³-hybridized carbons (Fsp3) is 0.211. The van der Waals surface area contributed by atoms with Crippen molar-refractivity contribution in [1.29, 1.82) is 0 Å². The number of rotatable bonds is 3. The molecule has 0 saturated heterocycles. The largest absolute Gasteiger partial charge is 0.439 e. The van der Waals surface area contributed by atoms with Crippen molar-refractivity contribution in [2.75, 3.05) is 0 Å². The molecule has 0 atom stereocenters. The number of ether oxygens (including phenoxy) is 1. The highest BCUT2D eigenvalue weighted by Crippen LogP contribution is 2.33. The van der Waals surface area contributed by atoms with Crippen LogP contribution in [-0.2, 0) is 12.8 Å². The third-order valence-corrected chi connectivity index (χ3v) is 4.18. The summed E-state index contributed by atoms with van der Waals surface area (Å²) in [6.45, 7) is 1.72. The first-order valence-electron chi connectivity index (χ1n) is 7.95. The summed E-state index contributed by atoms with van der Waals surface area (Å²) in [6, 6.07) is 8.48. The van der Waals surface area contributed by atoms with E-state index in [9.17, 15) is 4.39 Å². The molecule has 0 aliphatic heterocycles. The first-order valence-corrected chi connectivity index (χ1v) is 7.95. The molecule has 4 rings (SSSR count). The van der Waals surface area contributed by atoms with E-state index < -0.39 is 0 Å². The van der Waals surface area contributed by atoms with Crippen LogP contribution in [0.3, 0.4) is 0 Å². The van der Waals surface area contributed by atoms with E-state index in [-0.39, 0.29) is 5.82 Å². The summed E-state index contributed by atoms with van der Waals surface area (Å²) in [4.78, 5) is 13.3. The predicted molar refractivity (Wildman–Crippen MR) is 88.5 cm³/mol. The first kappa shape index (κ1) is 14.8. The summed E-state index contributed by atoms with van der Waals surface area (Å²) in [5.41, 5.74) is 3.54. The van der Waals surface area contributed by atoms with E-state index in [1.54, 1.807) is 31.5 Å². The van der Waals surface area contributed by atoms with Crippen molar-refractivity contribution in [3.63, 3.8) is 0 Å². The van der Waals surface area contributed by atoms with E-state index in [2.05, 4.69) is 15.0 Å². The summed E-state index contributed by atoms with van der Waals surface area (Å²) in [5, 5.41) is 0. The maximum atomic E-state index is 13.5. The molecule has 0 unspecified atom stereocenters. The molecule has 0 bridgehead atoms. The number of aryl methyl sites for hydroxylation is 2. The van der Waals surface area contributed by atoms with Crippen LogP contribution in [-0.4, -0.2) is 15.0 Å². The van der Waals surface area contributed by atoms with Crippen LogP contribution in [0.4, 0.5) is 4.39 Å². The molecule has 2 heterocycles. The average molecular weight is 321 g/mol. The second-order valence-corrected chi connectivity index (χ2v) is 5.88. The minimum absolute atomic E-state index is 0.243. The molecule has 0 radical (unpaired) electrons. The molecule has 3 aromatic rings. The Balaban J connectivity index is 1.76. The zero-order valence-electron chi connectivity index (χ0n) is 13.3. The Morgan fingerprint density at radius 1 is 1.04 bits per heavy atom. The van der Waals surface area contributed by atoms with E-state index in [0.29, 0.717) is 23.0 Å². The molecule has 1 aliphatic carbocycles. The van der Waals surface area contributed by atoms with Crippen LogP contribution in [0.2, 0.25) is 0 Å². The maximum absolute atomic E-state index is 13.5. The Labute approximate surface area is 139 Å². The van der Waals surface area contributed by atoms with Crippen LogP contribution in [0.1, 0.15) is 23.2 Å². The smallest absolute Gasteiger partial charge is 0.226 e. The van der Waals surface area contributed by atoms with Gasteiger partial charge in [-0.1, -0.05) is 0 Å². The van der Waals surface area contributed by atoms with Crippen molar-refractivity contribution >= 4 is 0 Å². The molecule has 0 N–H and O–H groups in total. The lowest BCUT2D eigenvalue weighted by molar-refractivity contribution is 0.454. The van der Waals surface area contributed by atoms with Gasteiger partial charge in [0, 0.05) is 23.5 Å². The summed E-state index contributed by atoms with van der Waals surface area (Å²) in [5.74, 6) is 1.54. The lowest BCUT2D eigenvalue weighted by Crippen LogP contribution is -2.01. The number of nitrogens with zero attached hydrogens (tertiary/aromatic N) is 3. The van der Waals surface area contributed by atoms with Crippen molar-refractivity contribution in [2.45, 2.75) is 26.2 Å². The summed E-state index contributed by atoms with van der Waals surface area (Å²) in [7, 11) is 0. The van der Waals surface area contributed by atoms with E-state index in [1.165, 1.54) is 6.07 Å². The van der Waals surface area contributed by atoms with Gasteiger partial charge in [0.05, 0.1) is 5.69 Å². The molecule has 1 aliphatic rings. The summed E-state index contributed by atoms with van der Waals surface area (Å²) < 4.78 is 19.4. The van der Waals surface area contributed by atoms with Crippen LogP contribution in [0.25, 0.3) is 11.4 Å². The molecular weight excluding hydrogens is 305 g/mol. The number of hydrogen-bond donors (Lipinski definition) is 0. The molecule has 120 valence electrons. The minimum Gasteiger partial charge on any atom is -0.439 e. The Kier molecular flexibility index (Phi) is 3.69. The van der Waals surface area contributed by atoms with Gasteiger partial charge in [0.2, 0.25) is 5.88 Å². The molecule has 0 saturated carbocycles. The highest BCUT2D eigenvalue weighted by atomic mass is 19.1. The molecule has 0 fully saturated rings.